The van der Waals surface area contributed by atoms with Gasteiger partial charge < -0.3 is 14.8 Å². The van der Waals surface area contributed by atoms with Gasteiger partial charge in [0.25, 0.3) is 0 Å². The predicted molar refractivity (Wildman–Crippen MR) is 94.8 cm³/mol. The van der Waals surface area contributed by atoms with Crippen molar-refractivity contribution in [2.45, 2.75) is 52.2 Å². The van der Waals surface area contributed by atoms with E-state index in [4.69, 9.17) is 21.1 Å². The van der Waals surface area contributed by atoms with Crippen molar-refractivity contribution in [1.82, 2.24) is 5.32 Å². The number of Topliss-reactive ketones (excluding diaryl/α,β-unsaturated/α-hetero) is 1. The molecule has 1 amide bonds. The van der Waals surface area contributed by atoms with Crippen LogP contribution in [0.3, 0.4) is 0 Å². The van der Waals surface area contributed by atoms with Gasteiger partial charge in [0.2, 0.25) is 0 Å². The summed E-state index contributed by atoms with van der Waals surface area (Å²) in [7, 11) is 0. The number of hydrogen-bond acceptors (Lipinski definition) is 5. The SMILES string of the molecule is CCOC(=O)C(CCC(=O)c1ccc(Cl)cc1)NC(=O)OC(C)(C)C. The highest BCUT2D eigenvalue weighted by atomic mass is 35.5. The van der Waals surface area contributed by atoms with Crippen LogP contribution in [0.5, 0.6) is 0 Å². The molecule has 1 rings (SSSR count). The van der Waals surface area contributed by atoms with Gasteiger partial charge in [0.15, 0.2) is 5.78 Å². The Bertz CT molecular complexity index is 607. The van der Waals surface area contributed by atoms with Gasteiger partial charge in [0, 0.05) is 17.0 Å². The number of carbonyl (C=O) groups is 3. The van der Waals surface area contributed by atoms with Crippen molar-refractivity contribution in [3.05, 3.63) is 34.9 Å². The van der Waals surface area contributed by atoms with Crippen LogP contribution in [-0.4, -0.2) is 36.1 Å². The molecule has 0 fully saturated rings. The average Bonchev–Trinajstić information content (AvgIpc) is 2.50. The van der Waals surface area contributed by atoms with E-state index < -0.39 is 23.7 Å². The summed E-state index contributed by atoms with van der Waals surface area (Å²) in [4.78, 5) is 36.1. The number of ketones is 1. The highest BCUT2D eigenvalue weighted by Gasteiger charge is 2.26. The van der Waals surface area contributed by atoms with Crippen LogP contribution < -0.4 is 5.32 Å². The second-order valence-electron chi connectivity index (χ2n) is 6.42. The Morgan fingerprint density at radius 3 is 2.28 bits per heavy atom. The number of alkyl carbamates (subject to hydrolysis) is 1. The Balaban J connectivity index is 2.70. The van der Waals surface area contributed by atoms with Crippen LogP contribution in [0.15, 0.2) is 24.3 Å². The fourth-order valence-corrected chi connectivity index (χ4v) is 2.12. The maximum absolute atomic E-state index is 12.2. The molecule has 1 aromatic rings. The number of halogens is 1. The van der Waals surface area contributed by atoms with Gasteiger partial charge >= 0.3 is 12.1 Å². The van der Waals surface area contributed by atoms with Crippen molar-refractivity contribution in [2.75, 3.05) is 6.61 Å². The zero-order valence-corrected chi connectivity index (χ0v) is 15.7. The number of esters is 1. The van der Waals surface area contributed by atoms with E-state index >= 15 is 0 Å². The van der Waals surface area contributed by atoms with Crippen LogP contribution in [-0.2, 0) is 14.3 Å². The average molecular weight is 370 g/mol. The van der Waals surface area contributed by atoms with Gasteiger partial charge in [0.05, 0.1) is 6.61 Å². The third-order valence-electron chi connectivity index (χ3n) is 3.09. The quantitative estimate of drug-likeness (QED) is 0.584. The molecule has 0 saturated carbocycles. The highest BCUT2D eigenvalue weighted by molar-refractivity contribution is 6.30. The number of carbonyl (C=O) groups excluding carboxylic acids is 3. The number of amides is 1. The van der Waals surface area contributed by atoms with E-state index in [1.54, 1.807) is 52.0 Å². The maximum atomic E-state index is 12.2. The van der Waals surface area contributed by atoms with Gasteiger partial charge in [-0.3, -0.25) is 4.79 Å². The van der Waals surface area contributed by atoms with Gasteiger partial charge in [-0.15, -0.1) is 0 Å². The molecule has 0 aliphatic heterocycles. The summed E-state index contributed by atoms with van der Waals surface area (Å²) in [6.07, 6.45) is -0.551. The molecule has 25 heavy (non-hydrogen) atoms. The molecule has 0 bridgehead atoms. The number of nitrogens with one attached hydrogen (secondary N) is 1. The summed E-state index contributed by atoms with van der Waals surface area (Å²) in [5, 5.41) is 3.00. The minimum atomic E-state index is -0.953. The van der Waals surface area contributed by atoms with Crippen molar-refractivity contribution >= 4 is 29.4 Å². The number of ether oxygens (including phenoxy) is 2. The Morgan fingerprint density at radius 2 is 1.76 bits per heavy atom. The van der Waals surface area contributed by atoms with Crippen LogP contribution >= 0.6 is 11.6 Å². The van der Waals surface area contributed by atoms with E-state index in [9.17, 15) is 14.4 Å². The van der Waals surface area contributed by atoms with E-state index in [-0.39, 0.29) is 25.2 Å². The molecule has 0 aliphatic rings. The van der Waals surface area contributed by atoms with Gasteiger partial charge in [-0.2, -0.15) is 0 Å². The zero-order chi connectivity index (χ0) is 19.0. The first-order valence-electron chi connectivity index (χ1n) is 8.07. The van der Waals surface area contributed by atoms with E-state index in [0.717, 1.165) is 0 Å². The molecule has 1 N–H and O–H groups in total. The summed E-state index contributed by atoms with van der Waals surface area (Å²) in [6.45, 7) is 7.00. The highest BCUT2D eigenvalue weighted by Crippen LogP contribution is 2.13. The summed E-state index contributed by atoms with van der Waals surface area (Å²) >= 11 is 5.80. The van der Waals surface area contributed by atoms with Gasteiger partial charge in [-0.25, -0.2) is 9.59 Å². The minimum Gasteiger partial charge on any atom is -0.464 e. The Morgan fingerprint density at radius 1 is 1.16 bits per heavy atom. The number of hydrogen-bond donors (Lipinski definition) is 1. The van der Waals surface area contributed by atoms with Crippen molar-refractivity contribution in [2.24, 2.45) is 0 Å². The Kier molecular flexibility index (Phi) is 7.90. The normalized spacial score (nSPS) is 12.2. The largest absolute Gasteiger partial charge is 0.464 e. The van der Waals surface area contributed by atoms with E-state index in [1.165, 1.54) is 0 Å². The van der Waals surface area contributed by atoms with Crippen molar-refractivity contribution in [3.8, 4) is 0 Å². The molecule has 7 heteroatoms. The van der Waals surface area contributed by atoms with Gasteiger partial charge in [-0.1, -0.05) is 11.6 Å². The zero-order valence-electron chi connectivity index (χ0n) is 14.9. The predicted octanol–water partition coefficient (Wildman–Crippen LogP) is 3.76. The lowest BCUT2D eigenvalue weighted by molar-refractivity contribution is -0.145. The molecule has 6 nitrogen and oxygen atoms in total. The maximum Gasteiger partial charge on any atom is 0.408 e. The fourth-order valence-electron chi connectivity index (χ4n) is 2.00. The Labute approximate surface area is 152 Å². The molecule has 0 saturated heterocycles. The lowest BCUT2D eigenvalue weighted by Gasteiger charge is -2.22. The van der Waals surface area contributed by atoms with Gasteiger partial charge in [0.1, 0.15) is 11.6 Å². The molecule has 0 heterocycles. The molecular formula is C18H24ClNO5. The van der Waals surface area contributed by atoms with E-state index in [0.29, 0.717) is 10.6 Å². The first kappa shape index (κ1) is 21.0. The van der Waals surface area contributed by atoms with E-state index in [2.05, 4.69) is 5.32 Å². The molecule has 0 spiro atoms. The first-order valence-corrected chi connectivity index (χ1v) is 8.45. The fraction of sp³-hybridized carbons (Fsp3) is 0.500. The molecule has 1 atom stereocenters. The molecule has 138 valence electrons. The minimum absolute atomic E-state index is 0.0703. The Hall–Kier alpha value is -2.08. The van der Waals surface area contributed by atoms with Crippen LogP contribution in [0.1, 0.15) is 50.9 Å². The third-order valence-corrected chi connectivity index (χ3v) is 3.34. The summed E-state index contributed by atoms with van der Waals surface area (Å²) in [6, 6.07) is 5.52. The van der Waals surface area contributed by atoms with Crippen LogP contribution in [0.4, 0.5) is 4.79 Å². The van der Waals surface area contributed by atoms with Crippen LogP contribution in [0.25, 0.3) is 0 Å². The molecule has 0 aromatic heterocycles. The van der Waals surface area contributed by atoms with Crippen molar-refractivity contribution in [3.63, 3.8) is 0 Å². The van der Waals surface area contributed by atoms with Crippen LogP contribution in [0, 0.1) is 0 Å². The van der Waals surface area contributed by atoms with Crippen molar-refractivity contribution in [1.29, 1.82) is 0 Å². The van der Waals surface area contributed by atoms with E-state index in [1.807, 2.05) is 0 Å². The van der Waals surface area contributed by atoms with Gasteiger partial charge in [-0.05, 0) is 58.4 Å². The van der Waals surface area contributed by atoms with Crippen LogP contribution in [0.2, 0.25) is 5.02 Å². The number of rotatable bonds is 7. The second-order valence-corrected chi connectivity index (χ2v) is 6.86. The standard InChI is InChI=1S/C18H24ClNO5/c1-5-24-16(22)14(20-17(23)25-18(2,3)4)10-11-15(21)12-6-8-13(19)9-7-12/h6-9,14H,5,10-11H2,1-4H3,(H,20,23). The second kappa shape index (κ2) is 9.42. The lowest BCUT2D eigenvalue weighted by Crippen LogP contribution is -2.44. The smallest absolute Gasteiger partial charge is 0.408 e. The summed E-state index contributed by atoms with van der Waals surface area (Å²) < 4.78 is 10.1. The lowest BCUT2D eigenvalue weighted by atomic mass is 10.0. The molecule has 1 unspecified atom stereocenters. The first-order chi connectivity index (χ1) is 11.6. The number of benzene rings is 1. The molecule has 0 radical (unpaired) electrons. The summed E-state index contributed by atoms with van der Waals surface area (Å²) in [5.74, 6) is -0.755. The monoisotopic (exact) mass is 369 g/mol. The summed E-state index contributed by atoms with van der Waals surface area (Å²) in [5.41, 5.74) is -0.202. The molecule has 0 aliphatic carbocycles. The molecule has 1 aromatic carbocycles. The molecular weight excluding hydrogens is 346 g/mol. The van der Waals surface area contributed by atoms with Crippen molar-refractivity contribution < 1.29 is 23.9 Å². The topological polar surface area (TPSA) is 81.7 Å². The third kappa shape index (κ3) is 8.03.